The Morgan fingerprint density at radius 2 is 1.29 bits per heavy atom. The van der Waals surface area contributed by atoms with Gasteiger partial charge in [0.2, 0.25) is 0 Å². The second kappa shape index (κ2) is 9.70. The molecule has 0 fully saturated rings. The van der Waals surface area contributed by atoms with Crippen LogP contribution in [0.4, 0.5) is 0 Å². The van der Waals surface area contributed by atoms with Crippen LogP contribution in [-0.4, -0.2) is 9.97 Å². The SMILES string of the molecule is c1ccc(-c2cccc(Cc3cc(-c4ccc5sc6ccccc6c5c4)cc(-c4ccccn4)c3)n2)cc1. The van der Waals surface area contributed by atoms with E-state index in [1.165, 1.54) is 36.9 Å². The van der Waals surface area contributed by atoms with Crippen molar-refractivity contribution in [1.29, 1.82) is 0 Å². The predicted octanol–water partition coefficient (Wildman–Crippen LogP) is 9.44. The number of benzene rings is 4. The maximum absolute atomic E-state index is 5.00. The molecule has 3 heterocycles. The molecular weight excluding hydrogens is 480 g/mol. The molecule has 0 spiro atoms. The summed E-state index contributed by atoms with van der Waals surface area (Å²) in [7, 11) is 0. The normalized spacial score (nSPS) is 11.3. The molecule has 0 unspecified atom stereocenters. The number of pyridine rings is 2. The van der Waals surface area contributed by atoms with Crippen molar-refractivity contribution < 1.29 is 0 Å². The minimum absolute atomic E-state index is 0.748. The molecule has 2 nitrogen and oxygen atoms in total. The van der Waals surface area contributed by atoms with Crippen molar-refractivity contribution >= 4 is 31.5 Å². The number of aromatic nitrogens is 2. The summed E-state index contributed by atoms with van der Waals surface area (Å²) in [4.78, 5) is 9.65. The summed E-state index contributed by atoms with van der Waals surface area (Å²) in [6.45, 7) is 0. The molecule has 0 saturated carbocycles. The molecule has 0 aliphatic heterocycles. The minimum atomic E-state index is 0.748. The average Bonchev–Trinajstić information content (AvgIpc) is 3.36. The highest BCUT2D eigenvalue weighted by molar-refractivity contribution is 7.25. The second-order valence-electron chi connectivity index (χ2n) is 9.50. The molecule has 3 aromatic heterocycles. The van der Waals surface area contributed by atoms with Gasteiger partial charge in [0.25, 0.3) is 0 Å². The van der Waals surface area contributed by atoms with E-state index >= 15 is 0 Å². The maximum Gasteiger partial charge on any atom is 0.0705 e. The molecule has 0 saturated heterocycles. The third-order valence-electron chi connectivity index (χ3n) is 6.93. The highest BCUT2D eigenvalue weighted by Crippen LogP contribution is 2.37. The lowest BCUT2D eigenvalue weighted by Gasteiger charge is -2.11. The van der Waals surface area contributed by atoms with Crippen LogP contribution in [0.5, 0.6) is 0 Å². The molecule has 0 aliphatic carbocycles. The molecular formula is C35H24N2S. The van der Waals surface area contributed by atoms with Gasteiger partial charge in [0.1, 0.15) is 0 Å². The van der Waals surface area contributed by atoms with E-state index in [9.17, 15) is 0 Å². The van der Waals surface area contributed by atoms with Gasteiger partial charge in [0.05, 0.1) is 11.4 Å². The molecule has 0 aliphatic rings. The summed E-state index contributed by atoms with van der Waals surface area (Å²) < 4.78 is 2.64. The van der Waals surface area contributed by atoms with Crippen molar-refractivity contribution in [3.8, 4) is 33.6 Å². The highest BCUT2D eigenvalue weighted by atomic mass is 32.1. The Morgan fingerprint density at radius 1 is 0.500 bits per heavy atom. The van der Waals surface area contributed by atoms with Crippen LogP contribution in [0.3, 0.4) is 0 Å². The smallest absolute Gasteiger partial charge is 0.0705 e. The van der Waals surface area contributed by atoms with E-state index in [-0.39, 0.29) is 0 Å². The van der Waals surface area contributed by atoms with Crippen molar-refractivity contribution in [1.82, 2.24) is 9.97 Å². The molecule has 7 aromatic rings. The molecule has 0 amide bonds. The monoisotopic (exact) mass is 504 g/mol. The Labute approximate surface area is 225 Å². The van der Waals surface area contributed by atoms with Crippen LogP contribution in [0, 0.1) is 0 Å². The zero-order chi connectivity index (χ0) is 25.3. The fourth-order valence-corrected chi connectivity index (χ4v) is 6.19. The number of fused-ring (bicyclic) bond motifs is 3. The van der Waals surface area contributed by atoms with Crippen molar-refractivity contribution in [2.45, 2.75) is 6.42 Å². The molecule has 38 heavy (non-hydrogen) atoms. The van der Waals surface area contributed by atoms with E-state index in [2.05, 4.69) is 114 Å². The summed E-state index contributed by atoms with van der Waals surface area (Å²) in [6, 6.07) is 45.1. The van der Waals surface area contributed by atoms with Gasteiger partial charge in [0.15, 0.2) is 0 Å². The molecule has 0 atom stereocenters. The van der Waals surface area contributed by atoms with Crippen molar-refractivity contribution in [3.63, 3.8) is 0 Å². The first-order chi connectivity index (χ1) is 18.8. The molecule has 3 heteroatoms. The van der Waals surface area contributed by atoms with E-state index < -0.39 is 0 Å². The van der Waals surface area contributed by atoms with E-state index in [0.717, 1.165) is 34.6 Å². The zero-order valence-corrected chi connectivity index (χ0v) is 21.5. The summed E-state index contributed by atoms with van der Waals surface area (Å²) in [5.41, 5.74) is 8.90. The lowest BCUT2D eigenvalue weighted by molar-refractivity contribution is 1.08. The van der Waals surface area contributed by atoms with Crippen LogP contribution in [0.15, 0.2) is 134 Å². The maximum atomic E-state index is 5.00. The van der Waals surface area contributed by atoms with E-state index in [4.69, 9.17) is 4.98 Å². The molecule has 0 bridgehead atoms. The topological polar surface area (TPSA) is 25.8 Å². The zero-order valence-electron chi connectivity index (χ0n) is 20.7. The summed E-state index contributed by atoms with van der Waals surface area (Å²) in [6.07, 6.45) is 2.61. The number of hydrogen-bond donors (Lipinski definition) is 0. The van der Waals surface area contributed by atoms with E-state index in [1.807, 2.05) is 35.7 Å². The fraction of sp³-hybridized carbons (Fsp3) is 0.0286. The number of nitrogens with zero attached hydrogens (tertiary/aromatic N) is 2. The lowest BCUT2D eigenvalue weighted by Crippen LogP contribution is -1.96. The lowest BCUT2D eigenvalue weighted by atomic mass is 9.95. The first-order valence-corrected chi connectivity index (χ1v) is 13.6. The number of hydrogen-bond acceptors (Lipinski definition) is 3. The molecule has 180 valence electrons. The van der Waals surface area contributed by atoms with Gasteiger partial charge in [0, 0.05) is 49.6 Å². The molecule has 0 N–H and O–H groups in total. The number of rotatable bonds is 5. The van der Waals surface area contributed by atoms with Crippen LogP contribution in [0.1, 0.15) is 11.3 Å². The summed E-state index contributed by atoms with van der Waals surface area (Å²) in [5.74, 6) is 0. The predicted molar refractivity (Wildman–Crippen MR) is 160 cm³/mol. The molecule has 4 aromatic carbocycles. The van der Waals surface area contributed by atoms with Gasteiger partial charge in [-0.15, -0.1) is 11.3 Å². The molecule has 0 radical (unpaired) electrons. The van der Waals surface area contributed by atoms with E-state index in [0.29, 0.717) is 0 Å². The Kier molecular flexibility index (Phi) is 5.76. The summed E-state index contributed by atoms with van der Waals surface area (Å²) >= 11 is 1.85. The van der Waals surface area contributed by atoms with Gasteiger partial charge in [-0.2, -0.15) is 0 Å². The fourth-order valence-electron chi connectivity index (χ4n) is 5.10. The van der Waals surface area contributed by atoms with Crippen LogP contribution in [0.25, 0.3) is 53.8 Å². The average molecular weight is 505 g/mol. The van der Waals surface area contributed by atoms with Gasteiger partial charge in [-0.3, -0.25) is 9.97 Å². The van der Waals surface area contributed by atoms with Gasteiger partial charge in [-0.1, -0.05) is 72.8 Å². The third kappa shape index (κ3) is 4.38. The van der Waals surface area contributed by atoms with Crippen LogP contribution in [0.2, 0.25) is 0 Å². The van der Waals surface area contributed by atoms with Crippen LogP contribution < -0.4 is 0 Å². The first-order valence-electron chi connectivity index (χ1n) is 12.8. The summed E-state index contributed by atoms with van der Waals surface area (Å²) in [5, 5.41) is 2.63. The number of thiophene rings is 1. The largest absolute Gasteiger partial charge is 0.256 e. The Bertz CT molecular complexity index is 1890. The van der Waals surface area contributed by atoms with Gasteiger partial charge < -0.3 is 0 Å². The highest BCUT2D eigenvalue weighted by Gasteiger charge is 2.11. The van der Waals surface area contributed by atoms with Gasteiger partial charge in [-0.05, 0) is 71.3 Å². The Hall–Kier alpha value is -4.60. The van der Waals surface area contributed by atoms with Crippen molar-refractivity contribution in [3.05, 3.63) is 145 Å². The Morgan fingerprint density at radius 3 is 2.18 bits per heavy atom. The second-order valence-corrected chi connectivity index (χ2v) is 10.6. The van der Waals surface area contributed by atoms with Crippen molar-refractivity contribution in [2.75, 3.05) is 0 Å². The van der Waals surface area contributed by atoms with E-state index in [1.54, 1.807) is 0 Å². The standard InChI is InChI=1S/C35H24N2S/c1-2-9-25(10-3-1)33-14-8-11-29(37-33)21-24-19-27(22-28(20-24)32-13-6-7-18-36-32)26-16-17-35-31(23-26)30-12-4-5-15-34(30)38-35/h1-20,22-23H,21H2. The van der Waals surface area contributed by atoms with Crippen LogP contribution >= 0.6 is 11.3 Å². The quantitative estimate of drug-likeness (QED) is 0.233. The van der Waals surface area contributed by atoms with Gasteiger partial charge in [-0.25, -0.2) is 0 Å². The molecule has 7 rings (SSSR count). The van der Waals surface area contributed by atoms with Gasteiger partial charge >= 0.3 is 0 Å². The van der Waals surface area contributed by atoms with Crippen molar-refractivity contribution in [2.24, 2.45) is 0 Å². The van der Waals surface area contributed by atoms with Crippen LogP contribution in [-0.2, 0) is 6.42 Å². The first kappa shape index (κ1) is 22.6. The third-order valence-corrected chi connectivity index (χ3v) is 8.08. The minimum Gasteiger partial charge on any atom is -0.256 e. The Balaban J connectivity index is 1.33.